The predicted molar refractivity (Wildman–Crippen MR) is 57.9 cm³/mol. The summed E-state index contributed by atoms with van der Waals surface area (Å²) in [5, 5.41) is 13.7. The molecule has 0 aliphatic carbocycles. The number of aliphatic carboxylic acids is 1. The number of anilines is 1. The van der Waals surface area contributed by atoms with E-state index in [1.54, 1.807) is 0 Å². The van der Waals surface area contributed by atoms with Crippen molar-refractivity contribution >= 4 is 28.2 Å². The Morgan fingerprint density at radius 2 is 2.33 bits per heavy atom. The summed E-state index contributed by atoms with van der Waals surface area (Å²) in [6.45, 7) is 1.86. The van der Waals surface area contributed by atoms with Crippen molar-refractivity contribution in [3.63, 3.8) is 0 Å². The Labute approximate surface area is 90.9 Å². The zero-order valence-electron chi connectivity index (χ0n) is 8.19. The van der Waals surface area contributed by atoms with Gasteiger partial charge in [0, 0.05) is 0 Å². The smallest absolute Gasteiger partial charge is 0.321 e. The monoisotopic (exact) mass is 228 g/mol. The van der Waals surface area contributed by atoms with Gasteiger partial charge >= 0.3 is 5.97 Å². The maximum atomic E-state index is 11.3. The van der Waals surface area contributed by atoms with E-state index in [-0.39, 0.29) is 12.3 Å². The van der Waals surface area contributed by atoms with Crippen LogP contribution in [-0.4, -0.2) is 23.0 Å². The van der Waals surface area contributed by atoms with Gasteiger partial charge in [-0.25, -0.2) is 0 Å². The number of hydrogen-bond donors (Lipinski definition) is 3. The average Bonchev–Trinajstić information content (AvgIpc) is 2.51. The molecule has 0 saturated heterocycles. The van der Waals surface area contributed by atoms with Crippen LogP contribution in [0.3, 0.4) is 0 Å². The lowest BCUT2D eigenvalue weighted by Gasteiger charge is -2.06. The molecule has 1 aromatic rings. The molecule has 1 aromatic heterocycles. The van der Waals surface area contributed by atoms with Crippen molar-refractivity contribution in [1.82, 2.24) is 0 Å². The quantitative estimate of drug-likeness (QED) is 0.710. The van der Waals surface area contributed by atoms with Crippen LogP contribution in [-0.2, 0) is 9.59 Å². The van der Waals surface area contributed by atoms with Gasteiger partial charge in [-0.15, -0.1) is 11.3 Å². The lowest BCUT2D eigenvalue weighted by Crippen LogP contribution is -2.34. The number of carboxylic acid groups (broad SMARTS) is 1. The highest BCUT2D eigenvalue weighted by atomic mass is 32.1. The van der Waals surface area contributed by atoms with Gasteiger partial charge in [0.2, 0.25) is 5.91 Å². The van der Waals surface area contributed by atoms with Crippen molar-refractivity contribution in [2.75, 3.05) is 5.32 Å². The number of nitrogens with one attached hydrogen (secondary N) is 1. The third-order valence-corrected chi connectivity index (χ3v) is 2.77. The first-order chi connectivity index (χ1) is 7.00. The number of thiophene rings is 1. The SMILES string of the molecule is Cc1ccsc1NC(=O)CC(N)C(=O)O. The molecule has 0 aliphatic heterocycles. The first-order valence-electron chi connectivity index (χ1n) is 4.33. The lowest BCUT2D eigenvalue weighted by molar-refractivity contribution is -0.140. The van der Waals surface area contributed by atoms with Crippen molar-refractivity contribution in [3.05, 3.63) is 17.0 Å². The number of aryl methyl sites for hydroxylation is 1. The van der Waals surface area contributed by atoms with Gasteiger partial charge in [-0.2, -0.15) is 0 Å². The maximum Gasteiger partial charge on any atom is 0.321 e. The van der Waals surface area contributed by atoms with Crippen molar-refractivity contribution in [2.24, 2.45) is 5.73 Å². The molecule has 6 heteroatoms. The number of carbonyl (C=O) groups excluding carboxylic acids is 1. The summed E-state index contributed by atoms with van der Waals surface area (Å²) in [5.41, 5.74) is 6.18. The largest absolute Gasteiger partial charge is 0.480 e. The molecule has 0 saturated carbocycles. The topological polar surface area (TPSA) is 92.4 Å². The zero-order valence-corrected chi connectivity index (χ0v) is 9.00. The second-order valence-corrected chi connectivity index (χ2v) is 4.05. The van der Waals surface area contributed by atoms with E-state index < -0.39 is 12.0 Å². The van der Waals surface area contributed by atoms with E-state index in [1.807, 2.05) is 18.4 Å². The predicted octanol–water partition coefficient (Wildman–Crippen LogP) is 0.797. The molecule has 0 aliphatic rings. The highest BCUT2D eigenvalue weighted by molar-refractivity contribution is 7.14. The molecular weight excluding hydrogens is 216 g/mol. The fraction of sp³-hybridized carbons (Fsp3) is 0.333. The number of carboxylic acids is 1. The molecule has 82 valence electrons. The van der Waals surface area contributed by atoms with Crippen LogP contribution in [0.1, 0.15) is 12.0 Å². The van der Waals surface area contributed by atoms with Crippen LogP contribution < -0.4 is 11.1 Å². The minimum atomic E-state index is -1.17. The third kappa shape index (κ3) is 3.34. The molecule has 0 fully saturated rings. The van der Waals surface area contributed by atoms with Crippen molar-refractivity contribution < 1.29 is 14.7 Å². The summed E-state index contributed by atoms with van der Waals surface area (Å²) in [4.78, 5) is 21.7. The molecule has 4 N–H and O–H groups in total. The molecule has 15 heavy (non-hydrogen) atoms. The molecular formula is C9H12N2O3S. The van der Waals surface area contributed by atoms with Gasteiger partial charge in [0.15, 0.2) is 0 Å². The van der Waals surface area contributed by atoms with Gasteiger partial charge in [0.1, 0.15) is 6.04 Å². The van der Waals surface area contributed by atoms with E-state index in [9.17, 15) is 9.59 Å². The van der Waals surface area contributed by atoms with Gasteiger partial charge in [0.25, 0.3) is 0 Å². The standard InChI is InChI=1S/C9H12N2O3S/c1-5-2-3-15-8(5)11-7(12)4-6(10)9(13)14/h2-3,6H,4,10H2,1H3,(H,11,12)(H,13,14). The van der Waals surface area contributed by atoms with E-state index in [0.717, 1.165) is 10.6 Å². The molecule has 1 rings (SSSR count). The number of rotatable bonds is 4. The van der Waals surface area contributed by atoms with Crippen LogP contribution in [0.5, 0.6) is 0 Å². The first kappa shape index (κ1) is 11.7. The number of amides is 1. The van der Waals surface area contributed by atoms with E-state index in [4.69, 9.17) is 10.8 Å². The van der Waals surface area contributed by atoms with Gasteiger partial charge < -0.3 is 16.2 Å². The maximum absolute atomic E-state index is 11.3. The summed E-state index contributed by atoms with van der Waals surface area (Å²) in [6.07, 6.45) is -0.216. The normalized spacial score (nSPS) is 12.1. The van der Waals surface area contributed by atoms with Crippen molar-refractivity contribution in [1.29, 1.82) is 0 Å². The summed E-state index contributed by atoms with van der Waals surface area (Å²) >= 11 is 1.39. The summed E-state index contributed by atoms with van der Waals surface area (Å²) in [6, 6.07) is 0.725. The lowest BCUT2D eigenvalue weighted by atomic mass is 10.2. The molecule has 1 atom stereocenters. The van der Waals surface area contributed by atoms with Crippen LogP contribution in [0, 0.1) is 6.92 Å². The van der Waals surface area contributed by atoms with Crippen LogP contribution in [0.4, 0.5) is 5.00 Å². The Morgan fingerprint density at radius 3 is 2.80 bits per heavy atom. The minimum Gasteiger partial charge on any atom is -0.480 e. The number of nitrogens with two attached hydrogens (primary N) is 1. The van der Waals surface area contributed by atoms with Gasteiger partial charge in [-0.3, -0.25) is 9.59 Å². The Balaban J connectivity index is 2.50. The van der Waals surface area contributed by atoms with Crippen molar-refractivity contribution in [2.45, 2.75) is 19.4 Å². The Kier molecular flexibility index (Phi) is 3.81. The number of hydrogen-bond acceptors (Lipinski definition) is 4. The molecule has 5 nitrogen and oxygen atoms in total. The first-order valence-corrected chi connectivity index (χ1v) is 5.21. The molecule has 1 heterocycles. The van der Waals surface area contributed by atoms with E-state index in [0.29, 0.717) is 0 Å². The van der Waals surface area contributed by atoms with E-state index >= 15 is 0 Å². The van der Waals surface area contributed by atoms with Gasteiger partial charge in [0.05, 0.1) is 11.4 Å². The van der Waals surface area contributed by atoms with Crippen LogP contribution in [0.25, 0.3) is 0 Å². The molecule has 0 spiro atoms. The molecule has 1 unspecified atom stereocenters. The van der Waals surface area contributed by atoms with Crippen LogP contribution in [0.2, 0.25) is 0 Å². The number of carbonyl (C=O) groups is 2. The third-order valence-electron chi connectivity index (χ3n) is 1.84. The van der Waals surface area contributed by atoms with Crippen LogP contribution in [0.15, 0.2) is 11.4 Å². The molecule has 0 radical (unpaired) electrons. The average molecular weight is 228 g/mol. The van der Waals surface area contributed by atoms with Crippen LogP contribution >= 0.6 is 11.3 Å². The van der Waals surface area contributed by atoms with Gasteiger partial charge in [-0.1, -0.05) is 0 Å². The Morgan fingerprint density at radius 1 is 1.67 bits per heavy atom. The summed E-state index contributed by atoms with van der Waals surface area (Å²) in [5.74, 6) is -1.55. The van der Waals surface area contributed by atoms with Crippen molar-refractivity contribution in [3.8, 4) is 0 Å². The second-order valence-electron chi connectivity index (χ2n) is 3.13. The highest BCUT2D eigenvalue weighted by Crippen LogP contribution is 2.21. The summed E-state index contributed by atoms with van der Waals surface area (Å²) < 4.78 is 0. The Bertz CT molecular complexity index is 375. The summed E-state index contributed by atoms with van der Waals surface area (Å²) in [7, 11) is 0. The van der Waals surface area contributed by atoms with Gasteiger partial charge in [-0.05, 0) is 23.9 Å². The van der Waals surface area contributed by atoms with E-state index in [2.05, 4.69) is 5.32 Å². The molecule has 1 amide bonds. The zero-order chi connectivity index (χ0) is 11.4. The molecule has 0 bridgehead atoms. The Hall–Kier alpha value is -1.40. The fourth-order valence-corrected chi connectivity index (χ4v) is 1.80. The minimum absolute atomic E-state index is 0.216. The molecule has 0 aromatic carbocycles. The van der Waals surface area contributed by atoms with E-state index in [1.165, 1.54) is 11.3 Å². The second kappa shape index (κ2) is 4.90. The highest BCUT2D eigenvalue weighted by Gasteiger charge is 2.16. The fourth-order valence-electron chi connectivity index (χ4n) is 0.966.